The average Bonchev–Trinajstić information content (AvgIpc) is 2.61. The minimum absolute atomic E-state index is 0.0392. The molecular formula is C18H13ClF6N2O. The van der Waals surface area contributed by atoms with Gasteiger partial charge in [-0.3, -0.25) is 0 Å². The Labute approximate surface area is 160 Å². The van der Waals surface area contributed by atoms with Crippen molar-refractivity contribution in [3.63, 3.8) is 0 Å². The lowest BCUT2D eigenvalue weighted by Crippen LogP contribution is -2.11. The molecule has 10 heteroatoms. The number of fused-ring (bicyclic) bond motifs is 1. The van der Waals surface area contributed by atoms with Gasteiger partial charge in [0.15, 0.2) is 0 Å². The van der Waals surface area contributed by atoms with Gasteiger partial charge in [-0.05, 0) is 29.8 Å². The molecule has 1 heterocycles. The monoisotopic (exact) mass is 422 g/mol. The molecule has 0 amide bonds. The van der Waals surface area contributed by atoms with Gasteiger partial charge in [0.2, 0.25) is 0 Å². The Balaban J connectivity index is 0.00000136. The second kappa shape index (κ2) is 7.83. The molecule has 0 aliphatic carbocycles. The molecule has 0 saturated heterocycles. The number of rotatable bonds is 1. The molecule has 0 spiro atoms. The molecular weight excluding hydrogens is 410 g/mol. The molecule has 28 heavy (non-hydrogen) atoms. The van der Waals surface area contributed by atoms with E-state index in [0.29, 0.717) is 12.1 Å². The van der Waals surface area contributed by atoms with Crippen molar-refractivity contribution in [3.05, 3.63) is 63.2 Å². The van der Waals surface area contributed by atoms with Crippen LogP contribution in [0.2, 0.25) is 5.02 Å². The Morgan fingerprint density at radius 3 is 1.96 bits per heavy atom. The van der Waals surface area contributed by atoms with Crippen molar-refractivity contribution in [3.8, 4) is 11.1 Å². The summed E-state index contributed by atoms with van der Waals surface area (Å²) < 4.78 is 78.0. The van der Waals surface area contributed by atoms with E-state index in [-0.39, 0.29) is 33.1 Å². The maximum Gasteiger partial charge on any atom is 0.416 e. The summed E-state index contributed by atoms with van der Waals surface area (Å²) in [5, 5.41) is 0.0634. The molecule has 0 aliphatic rings. The van der Waals surface area contributed by atoms with Crippen molar-refractivity contribution in [1.29, 1.82) is 0 Å². The lowest BCUT2D eigenvalue weighted by Gasteiger charge is -2.15. The highest BCUT2D eigenvalue weighted by atomic mass is 35.5. The van der Waals surface area contributed by atoms with E-state index in [1.54, 1.807) is 0 Å². The third-order valence-corrected chi connectivity index (χ3v) is 4.04. The Morgan fingerprint density at radius 1 is 0.929 bits per heavy atom. The molecule has 2 aromatic carbocycles. The predicted molar refractivity (Wildman–Crippen MR) is 94.2 cm³/mol. The molecule has 3 nitrogen and oxygen atoms in total. The summed E-state index contributed by atoms with van der Waals surface area (Å²) in [5.74, 6) is 0. The average molecular weight is 423 g/mol. The quantitative estimate of drug-likeness (QED) is 0.467. The number of aromatic nitrogens is 2. The number of hydrogen-bond acceptors (Lipinski definition) is 2. The van der Waals surface area contributed by atoms with E-state index >= 15 is 0 Å². The van der Waals surface area contributed by atoms with Crippen molar-refractivity contribution in [1.82, 2.24) is 9.97 Å². The molecule has 1 N–H and O–H groups in total. The Hall–Kier alpha value is -2.55. The van der Waals surface area contributed by atoms with E-state index in [4.69, 9.17) is 11.6 Å². The molecule has 3 aromatic rings. The van der Waals surface area contributed by atoms with Gasteiger partial charge in [-0.25, -0.2) is 9.78 Å². The molecule has 0 unspecified atom stereocenters. The Kier molecular flexibility index (Phi) is 6.08. The van der Waals surface area contributed by atoms with Gasteiger partial charge in [-0.15, -0.1) is 0 Å². The topological polar surface area (TPSA) is 45.8 Å². The van der Waals surface area contributed by atoms with Crippen LogP contribution in [0, 0.1) is 0 Å². The number of H-pyrrole nitrogens is 1. The second-order valence-corrected chi connectivity index (χ2v) is 5.75. The van der Waals surface area contributed by atoms with Crippen molar-refractivity contribution >= 4 is 22.5 Å². The first kappa shape index (κ1) is 21.7. The number of hydrogen-bond donors (Lipinski definition) is 1. The van der Waals surface area contributed by atoms with Crippen molar-refractivity contribution in [2.75, 3.05) is 0 Å². The van der Waals surface area contributed by atoms with Crippen LogP contribution in [-0.2, 0) is 12.4 Å². The first-order valence-corrected chi connectivity index (χ1v) is 8.32. The van der Waals surface area contributed by atoms with Crippen molar-refractivity contribution in [2.24, 2.45) is 0 Å². The van der Waals surface area contributed by atoms with E-state index in [1.807, 2.05) is 13.8 Å². The zero-order valence-electron chi connectivity index (χ0n) is 14.5. The first-order chi connectivity index (χ1) is 13.0. The van der Waals surface area contributed by atoms with Gasteiger partial charge in [0, 0.05) is 17.1 Å². The highest BCUT2D eigenvalue weighted by Gasteiger charge is 2.37. The molecule has 0 bridgehead atoms. The van der Waals surface area contributed by atoms with Crippen LogP contribution in [0.1, 0.15) is 25.0 Å². The van der Waals surface area contributed by atoms with Crippen LogP contribution in [0.15, 0.2) is 41.3 Å². The SMILES string of the molecule is CC.O=c1ncc2c(Cl)c(-c3cc(C(F)(F)F)cc(C(F)(F)F)c3)ccc2[nH]1. The first-order valence-electron chi connectivity index (χ1n) is 7.94. The van der Waals surface area contributed by atoms with Gasteiger partial charge in [0.25, 0.3) is 0 Å². The smallest absolute Gasteiger partial charge is 0.305 e. The number of aromatic amines is 1. The fourth-order valence-corrected chi connectivity index (χ4v) is 2.75. The minimum Gasteiger partial charge on any atom is -0.305 e. The Bertz CT molecular complexity index is 1020. The summed E-state index contributed by atoms with van der Waals surface area (Å²) in [6.07, 6.45) is -8.84. The van der Waals surface area contributed by atoms with Crippen LogP contribution in [-0.4, -0.2) is 9.97 Å². The highest BCUT2D eigenvalue weighted by Crippen LogP contribution is 2.41. The second-order valence-electron chi connectivity index (χ2n) is 5.37. The van der Waals surface area contributed by atoms with E-state index in [1.165, 1.54) is 12.1 Å². The number of nitrogens with zero attached hydrogens (tertiary/aromatic N) is 1. The number of nitrogens with one attached hydrogen (secondary N) is 1. The van der Waals surface area contributed by atoms with Gasteiger partial charge < -0.3 is 4.98 Å². The van der Waals surface area contributed by atoms with E-state index in [2.05, 4.69) is 9.97 Å². The van der Waals surface area contributed by atoms with Gasteiger partial charge in [0.05, 0.1) is 21.7 Å². The normalized spacial score (nSPS) is 11.9. The number of halogens is 7. The maximum absolute atomic E-state index is 13.0. The predicted octanol–water partition coefficient (Wildman–Crippen LogP) is 6.31. The fourth-order valence-electron chi connectivity index (χ4n) is 2.43. The van der Waals surface area contributed by atoms with Gasteiger partial charge >= 0.3 is 18.0 Å². The molecule has 0 atom stereocenters. The maximum atomic E-state index is 13.0. The fraction of sp³-hybridized carbons (Fsp3) is 0.222. The van der Waals surface area contributed by atoms with Crippen LogP contribution in [0.5, 0.6) is 0 Å². The number of benzene rings is 2. The van der Waals surface area contributed by atoms with Crippen LogP contribution < -0.4 is 5.69 Å². The van der Waals surface area contributed by atoms with Gasteiger partial charge in [-0.1, -0.05) is 31.5 Å². The Morgan fingerprint density at radius 2 is 1.46 bits per heavy atom. The summed E-state index contributed by atoms with van der Waals surface area (Å²) in [6, 6.07) is 3.77. The molecule has 0 aliphatic heterocycles. The summed E-state index contributed by atoms with van der Waals surface area (Å²) >= 11 is 6.14. The lowest BCUT2D eigenvalue weighted by atomic mass is 9.98. The molecule has 150 valence electrons. The molecule has 0 fully saturated rings. The van der Waals surface area contributed by atoms with E-state index < -0.39 is 29.2 Å². The standard InChI is InChI=1S/C16H7ClF6N2O.C2H6/c17-13-10(1-2-12-11(13)6-24-14(26)25-12)7-3-8(15(18,19)20)5-9(4-7)16(21,22)23;1-2/h1-6H,(H,24,25,26);1-2H3. The van der Waals surface area contributed by atoms with Crippen LogP contribution in [0.25, 0.3) is 22.0 Å². The lowest BCUT2D eigenvalue weighted by molar-refractivity contribution is -0.143. The van der Waals surface area contributed by atoms with Gasteiger partial charge in [-0.2, -0.15) is 26.3 Å². The zero-order valence-corrected chi connectivity index (χ0v) is 15.2. The van der Waals surface area contributed by atoms with Crippen molar-refractivity contribution in [2.45, 2.75) is 26.2 Å². The van der Waals surface area contributed by atoms with Crippen LogP contribution >= 0.6 is 11.6 Å². The zero-order chi connectivity index (χ0) is 21.3. The van der Waals surface area contributed by atoms with E-state index in [0.717, 1.165) is 6.20 Å². The van der Waals surface area contributed by atoms with Crippen LogP contribution in [0.3, 0.4) is 0 Å². The largest absolute Gasteiger partial charge is 0.416 e. The molecule has 1 aromatic heterocycles. The summed E-state index contributed by atoms with van der Waals surface area (Å²) in [6.45, 7) is 4.00. The summed E-state index contributed by atoms with van der Waals surface area (Å²) in [7, 11) is 0. The third-order valence-electron chi connectivity index (χ3n) is 3.63. The molecule has 0 radical (unpaired) electrons. The van der Waals surface area contributed by atoms with Crippen LogP contribution in [0.4, 0.5) is 26.3 Å². The van der Waals surface area contributed by atoms with Crippen molar-refractivity contribution < 1.29 is 26.3 Å². The third kappa shape index (κ3) is 4.46. The summed E-state index contributed by atoms with van der Waals surface area (Å²) in [5.41, 5.74) is -3.72. The number of alkyl halides is 6. The molecule has 3 rings (SSSR count). The minimum atomic E-state index is -4.97. The molecule has 0 saturated carbocycles. The highest BCUT2D eigenvalue weighted by molar-refractivity contribution is 6.38. The van der Waals surface area contributed by atoms with Gasteiger partial charge in [0.1, 0.15) is 0 Å². The van der Waals surface area contributed by atoms with E-state index in [9.17, 15) is 31.1 Å². The summed E-state index contributed by atoms with van der Waals surface area (Å²) in [4.78, 5) is 17.0.